The van der Waals surface area contributed by atoms with Crippen LogP contribution in [0.15, 0.2) is 24.3 Å². The minimum Gasteiger partial charge on any atom is -0.449 e. The van der Waals surface area contributed by atoms with E-state index in [0.717, 1.165) is 25.7 Å². The van der Waals surface area contributed by atoms with Gasteiger partial charge in [-0.25, -0.2) is 4.79 Å². The van der Waals surface area contributed by atoms with Gasteiger partial charge in [0.05, 0.1) is 17.2 Å². The van der Waals surface area contributed by atoms with Crippen molar-refractivity contribution in [2.45, 2.75) is 44.8 Å². The Labute approximate surface area is 123 Å². The first kappa shape index (κ1) is 15.0. The lowest BCUT2D eigenvalue weighted by Gasteiger charge is -2.17. The maximum Gasteiger partial charge on any atom is 0.338 e. The molecule has 1 amide bonds. The first-order valence-electron chi connectivity index (χ1n) is 7.11. The lowest BCUT2D eigenvalue weighted by Crippen LogP contribution is -2.40. The molecule has 0 radical (unpaired) electrons. The molecule has 21 heavy (non-hydrogen) atoms. The average molecular weight is 286 g/mol. The number of ether oxygens (including phenoxy) is 1. The zero-order chi connectivity index (χ0) is 15.2. The number of benzene rings is 1. The van der Waals surface area contributed by atoms with Crippen molar-refractivity contribution >= 4 is 11.9 Å². The number of amides is 1. The third-order valence-electron chi connectivity index (χ3n) is 3.60. The number of hydrogen-bond acceptors (Lipinski definition) is 4. The number of nitriles is 1. The van der Waals surface area contributed by atoms with Gasteiger partial charge in [-0.2, -0.15) is 5.26 Å². The van der Waals surface area contributed by atoms with Crippen LogP contribution in [0, 0.1) is 11.3 Å². The number of hydrogen-bond donors (Lipinski definition) is 1. The molecule has 0 aromatic heterocycles. The number of esters is 1. The smallest absolute Gasteiger partial charge is 0.338 e. The molecule has 110 valence electrons. The van der Waals surface area contributed by atoms with Crippen molar-refractivity contribution < 1.29 is 14.3 Å². The molecule has 1 aliphatic carbocycles. The van der Waals surface area contributed by atoms with E-state index in [0.29, 0.717) is 11.1 Å². The molecular formula is C16H18N2O3. The van der Waals surface area contributed by atoms with E-state index in [9.17, 15) is 9.59 Å². The lowest BCUT2D eigenvalue weighted by molar-refractivity contribution is -0.129. The van der Waals surface area contributed by atoms with Gasteiger partial charge in [-0.05, 0) is 44.0 Å². The van der Waals surface area contributed by atoms with Gasteiger partial charge in [-0.3, -0.25) is 4.79 Å². The first-order valence-corrected chi connectivity index (χ1v) is 7.11. The van der Waals surface area contributed by atoms with E-state index < -0.39 is 12.1 Å². The molecule has 0 aliphatic heterocycles. The highest BCUT2D eigenvalue weighted by Gasteiger charge is 2.23. The summed E-state index contributed by atoms with van der Waals surface area (Å²) in [4.78, 5) is 23.8. The van der Waals surface area contributed by atoms with Gasteiger partial charge >= 0.3 is 5.97 Å². The van der Waals surface area contributed by atoms with Gasteiger partial charge in [-0.15, -0.1) is 0 Å². The van der Waals surface area contributed by atoms with Crippen LogP contribution in [0.25, 0.3) is 0 Å². The fraction of sp³-hybridized carbons (Fsp3) is 0.438. The van der Waals surface area contributed by atoms with Crippen LogP contribution in [-0.2, 0) is 9.53 Å². The molecule has 1 saturated carbocycles. The summed E-state index contributed by atoms with van der Waals surface area (Å²) in [5, 5.41) is 11.6. The summed E-state index contributed by atoms with van der Waals surface area (Å²) in [6.45, 7) is 1.56. The third kappa shape index (κ3) is 4.06. The summed E-state index contributed by atoms with van der Waals surface area (Å²) in [6.07, 6.45) is 3.41. The highest BCUT2D eigenvalue weighted by atomic mass is 16.5. The first-order chi connectivity index (χ1) is 10.1. The van der Waals surface area contributed by atoms with Gasteiger partial charge in [0, 0.05) is 6.04 Å². The third-order valence-corrected chi connectivity index (χ3v) is 3.60. The van der Waals surface area contributed by atoms with Gasteiger partial charge in [0.25, 0.3) is 5.91 Å². The maximum absolute atomic E-state index is 11.9. The molecule has 1 atom stereocenters. The quantitative estimate of drug-likeness (QED) is 0.860. The molecule has 1 N–H and O–H groups in total. The summed E-state index contributed by atoms with van der Waals surface area (Å²) in [7, 11) is 0. The molecule has 0 spiro atoms. The molecule has 1 fully saturated rings. The number of rotatable bonds is 4. The fourth-order valence-electron chi connectivity index (χ4n) is 2.35. The van der Waals surface area contributed by atoms with E-state index in [2.05, 4.69) is 5.32 Å². The van der Waals surface area contributed by atoms with Crippen molar-refractivity contribution in [3.05, 3.63) is 35.4 Å². The summed E-state index contributed by atoms with van der Waals surface area (Å²) in [5.74, 6) is -0.822. The van der Waals surface area contributed by atoms with Gasteiger partial charge in [0.1, 0.15) is 0 Å². The van der Waals surface area contributed by atoms with E-state index in [-0.39, 0.29) is 11.9 Å². The van der Waals surface area contributed by atoms with Crippen LogP contribution >= 0.6 is 0 Å². The molecule has 1 aliphatic rings. The Morgan fingerprint density at radius 3 is 2.48 bits per heavy atom. The molecule has 5 heteroatoms. The normalized spacial score (nSPS) is 16.0. The van der Waals surface area contributed by atoms with Crippen LogP contribution < -0.4 is 5.32 Å². The summed E-state index contributed by atoms with van der Waals surface area (Å²) >= 11 is 0. The molecular weight excluding hydrogens is 268 g/mol. The number of carbonyl (C=O) groups excluding carboxylic acids is 2. The van der Waals surface area contributed by atoms with Crippen LogP contribution in [0.1, 0.15) is 48.5 Å². The Bertz CT molecular complexity index is 554. The molecule has 0 heterocycles. The van der Waals surface area contributed by atoms with E-state index in [1.807, 2.05) is 6.07 Å². The van der Waals surface area contributed by atoms with Crippen molar-refractivity contribution in [1.29, 1.82) is 5.26 Å². The Balaban J connectivity index is 1.88. The molecule has 1 aromatic rings. The van der Waals surface area contributed by atoms with E-state index in [1.54, 1.807) is 19.1 Å². The van der Waals surface area contributed by atoms with Crippen molar-refractivity contribution in [3.8, 4) is 6.07 Å². The highest BCUT2D eigenvalue weighted by Crippen LogP contribution is 2.18. The van der Waals surface area contributed by atoms with Crippen LogP contribution in [0.4, 0.5) is 0 Å². The Kier molecular flexibility index (Phi) is 4.94. The molecule has 2 rings (SSSR count). The van der Waals surface area contributed by atoms with Gasteiger partial charge in [0.2, 0.25) is 0 Å². The van der Waals surface area contributed by atoms with Crippen molar-refractivity contribution in [2.75, 3.05) is 0 Å². The molecule has 0 unspecified atom stereocenters. The number of nitrogens with zero attached hydrogens (tertiary/aromatic N) is 1. The second kappa shape index (κ2) is 6.89. The molecule has 0 saturated heterocycles. The number of nitrogens with one attached hydrogen (secondary N) is 1. The monoisotopic (exact) mass is 286 g/mol. The van der Waals surface area contributed by atoms with Crippen LogP contribution in [-0.4, -0.2) is 24.0 Å². The van der Waals surface area contributed by atoms with E-state index >= 15 is 0 Å². The van der Waals surface area contributed by atoms with Gasteiger partial charge in [0.15, 0.2) is 6.10 Å². The minimum atomic E-state index is -0.825. The topological polar surface area (TPSA) is 79.2 Å². The second-order valence-corrected chi connectivity index (χ2v) is 5.23. The summed E-state index contributed by atoms with van der Waals surface area (Å²) < 4.78 is 5.15. The SMILES string of the molecule is C[C@@H](OC(=O)c1ccc(C#N)cc1)C(=O)NC1CCCC1. The van der Waals surface area contributed by atoms with Crippen molar-refractivity contribution in [1.82, 2.24) is 5.32 Å². The van der Waals surface area contributed by atoms with Crippen LogP contribution in [0.3, 0.4) is 0 Å². The summed E-state index contributed by atoms with van der Waals surface area (Å²) in [5.41, 5.74) is 0.799. The van der Waals surface area contributed by atoms with E-state index in [1.165, 1.54) is 12.1 Å². The van der Waals surface area contributed by atoms with Crippen molar-refractivity contribution in [3.63, 3.8) is 0 Å². The minimum absolute atomic E-state index is 0.202. The van der Waals surface area contributed by atoms with Gasteiger partial charge < -0.3 is 10.1 Å². The van der Waals surface area contributed by atoms with E-state index in [4.69, 9.17) is 10.00 Å². The Hall–Kier alpha value is -2.35. The fourth-order valence-corrected chi connectivity index (χ4v) is 2.35. The van der Waals surface area contributed by atoms with Gasteiger partial charge in [-0.1, -0.05) is 12.8 Å². The standard InChI is InChI=1S/C16H18N2O3/c1-11(15(19)18-14-4-2-3-5-14)21-16(20)13-8-6-12(10-17)7-9-13/h6-9,11,14H,2-5H2,1H3,(H,18,19)/t11-/m1/s1. The zero-order valence-electron chi connectivity index (χ0n) is 12.0. The summed E-state index contributed by atoms with van der Waals surface area (Å²) in [6, 6.07) is 8.29. The molecule has 5 nitrogen and oxygen atoms in total. The van der Waals surface area contributed by atoms with Crippen LogP contribution in [0.2, 0.25) is 0 Å². The maximum atomic E-state index is 11.9. The molecule has 1 aromatic carbocycles. The van der Waals surface area contributed by atoms with Crippen molar-refractivity contribution in [2.24, 2.45) is 0 Å². The molecule has 0 bridgehead atoms. The second-order valence-electron chi connectivity index (χ2n) is 5.23. The Morgan fingerprint density at radius 2 is 1.90 bits per heavy atom. The number of carbonyl (C=O) groups is 2. The predicted octanol–water partition coefficient (Wildman–Crippen LogP) is 2.16. The average Bonchev–Trinajstić information content (AvgIpc) is 3.00. The largest absolute Gasteiger partial charge is 0.449 e. The highest BCUT2D eigenvalue weighted by molar-refractivity contribution is 5.92. The predicted molar refractivity (Wildman–Crippen MR) is 76.4 cm³/mol. The zero-order valence-corrected chi connectivity index (χ0v) is 12.0. The Morgan fingerprint density at radius 1 is 1.29 bits per heavy atom. The van der Waals surface area contributed by atoms with Crippen LogP contribution in [0.5, 0.6) is 0 Å². The lowest BCUT2D eigenvalue weighted by atomic mass is 10.1.